The van der Waals surface area contributed by atoms with E-state index in [9.17, 15) is 0 Å². The summed E-state index contributed by atoms with van der Waals surface area (Å²) >= 11 is 1.63. The number of rotatable bonds is 9. The van der Waals surface area contributed by atoms with Gasteiger partial charge in [0.2, 0.25) is 5.16 Å². The van der Waals surface area contributed by atoms with Crippen molar-refractivity contribution in [3.8, 4) is 17.2 Å². The minimum absolute atomic E-state index is 0. The third-order valence-electron chi connectivity index (χ3n) is 3.29. The number of nitrogens with zero attached hydrogens (tertiary/aromatic N) is 4. The van der Waals surface area contributed by atoms with Crippen LogP contribution >= 0.6 is 11.8 Å². The average molecular weight is 376 g/mol. The molecule has 2 aromatic rings. The Balaban J connectivity index is 0.00000288. The van der Waals surface area contributed by atoms with Gasteiger partial charge >= 0.3 is 0 Å². The number of benzene rings is 1. The molecule has 1 heterocycles. The van der Waals surface area contributed by atoms with Crippen LogP contribution < -0.4 is 31.9 Å². The summed E-state index contributed by atoms with van der Waals surface area (Å²) in [5.41, 5.74) is 1.07. The van der Waals surface area contributed by atoms with E-state index in [2.05, 4.69) is 20.8 Å². The third-order valence-corrected chi connectivity index (χ3v) is 4.33. The van der Waals surface area contributed by atoms with Crippen molar-refractivity contribution in [3.63, 3.8) is 0 Å². The molecule has 0 aliphatic heterocycles. The molecule has 0 bridgehead atoms. The fraction of sp³-hybridized carbons (Fsp3) is 0.500. The normalized spacial score (nSPS) is 10.2. The molecular formula is C14H22ClN5O3S. The van der Waals surface area contributed by atoms with E-state index in [4.69, 9.17) is 14.2 Å². The first-order valence-electron chi connectivity index (χ1n) is 7.15. The van der Waals surface area contributed by atoms with Crippen LogP contribution in [0.4, 0.5) is 0 Å². The van der Waals surface area contributed by atoms with Crippen LogP contribution in [0, 0.1) is 0 Å². The third kappa shape index (κ3) is 5.15. The summed E-state index contributed by atoms with van der Waals surface area (Å²) in [6, 6.07) is 3.80. The number of aryl methyl sites for hydroxylation is 1. The van der Waals surface area contributed by atoms with Crippen LogP contribution in [0.25, 0.3) is 0 Å². The van der Waals surface area contributed by atoms with Crippen LogP contribution in [0.5, 0.6) is 17.2 Å². The van der Waals surface area contributed by atoms with Crippen LogP contribution in [0.2, 0.25) is 0 Å². The van der Waals surface area contributed by atoms with E-state index in [1.54, 1.807) is 37.8 Å². The topological polar surface area (TPSA) is 87.9 Å². The van der Waals surface area contributed by atoms with Gasteiger partial charge in [-0.3, -0.25) is 0 Å². The summed E-state index contributed by atoms with van der Waals surface area (Å²) in [4.78, 5) is 0. The Bertz CT molecular complexity index is 641. The van der Waals surface area contributed by atoms with Crippen molar-refractivity contribution < 1.29 is 31.9 Å². The largest absolute Gasteiger partial charge is 1.00 e. The molecule has 0 saturated heterocycles. The predicted molar refractivity (Wildman–Crippen MR) is 86.1 cm³/mol. The second kappa shape index (κ2) is 10.2. The standard InChI is InChI=1S/C14H21N5O3S.ClH/c1-19-14(16-17-18-19)23-6-5-15-9-10-7-12(21-3)13(22-4)8-11(10)20-2;/h7-8,15H,5-6,9H2,1-4H3;1H. The van der Waals surface area contributed by atoms with Gasteiger partial charge < -0.3 is 31.9 Å². The lowest BCUT2D eigenvalue weighted by atomic mass is 10.1. The Morgan fingerprint density at radius 3 is 2.33 bits per heavy atom. The van der Waals surface area contributed by atoms with Gasteiger partial charge in [-0.05, 0) is 16.5 Å². The molecule has 0 saturated carbocycles. The zero-order valence-corrected chi connectivity index (χ0v) is 15.7. The molecule has 24 heavy (non-hydrogen) atoms. The van der Waals surface area contributed by atoms with E-state index in [1.165, 1.54) is 0 Å². The van der Waals surface area contributed by atoms with Crippen molar-refractivity contribution in [2.45, 2.75) is 11.7 Å². The maximum absolute atomic E-state index is 5.43. The van der Waals surface area contributed by atoms with Crippen molar-refractivity contribution in [3.05, 3.63) is 17.7 Å². The van der Waals surface area contributed by atoms with Crippen molar-refractivity contribution >= 4 is 11.8 Å². The number of aromatic nitrogens is 4. The number of quaternary nitrogens is 1. The number of nitrogens with two attached hydrogens (primary N) is 1. The first-order chi connectivity index (χ1) is 11.2. The van der Waals surface area contributed by atoms with Crippen molar-refractivity contribution in [1.82, 2.24) is 20.2 Å². The molecule has 8 nitrogen and oxygen atoms in total. The van der Waals surface area contributed by atoms with E-state index < -0.39 is 0 Å². The molecular weight excluding hydrogens is 354 g/mol. The fourth-order valence-corrected chi connectivity index (χ4v) is 2.87. The van der Waals surface area contributed by atoms with Crippen LogP contribution in [0.3, 0.4) is 0 Å². The van der Waals surface area contributed by atoms with Gasteiger partial charge in [-0.15, -0.1) is 5.10 Å². The number of hydrogen-bond acceptors (Lipinski definition) is 7. The first kappa shape index (κ1) is 20.3. The highest BCUT2D eigenvalue weighted by atomic mass is 35.5. The number of halogens is 1. The van der Waals surface area contributed by atoms with Gasteiger partial charge in [-0.1, -0.05) is 11.8 Å². The molecule has 1 aromatic heterocycles. The van der Waals surface area contributed by atoms with Gasteiger partial charge in [-0.2, -0.15) is 0 Å². The van der Waals surface area contributed by atoms with Crippen LogP contribution in [-0.2, 0) is 13.6 Å². The summed E-state index contributed by atoms with van der Waals surface area (Å²) in [5, 5.41) is 14.4. The van der Waals surface area contributed by atoms with Crippen LogP contribution in [-0.4, -0.2) is 53.8 Å². The number of tetrazole rings is 1. The first-order valence-corrected chi connectivity index (χ1v) is 8.13. The lowest BCUT2D eigenvalue weighted by Gasteiger charge is -2.13. The Kier molecular flexibility index (Phi) is 8.66. The number of thioether (sulfide) groups is 1. The van der Waals surface area contributed by atoms with Gasteiger partial charge in [-0.25, -0.2) is 4.68 Å². The molecule has 0 unspecified atom stereocenters. The average Bonchev–Trinajstić information content (AvgIpc) is 2.98. The van der Waals surface area contributed by atoms with Gasteiger partial charge in [0.1, 0.15) is 12.3 Å². The molecule has 0 amide bonds. The van der Waals surface area contributed by atoms with E-state index in [0.29, 0.717) is 11.5 Å². The monoisotopic (exact) mass is 375 g/mol. The lowest BCUT2D eigenvalue weighted by molar-refractivity contribution is -0.666. The minimum atomic E-state index is 0. The number of ether oxygens (including phenoxy) is 3. The predicted octanol–water partition coefficient (Wildman–Crippen LogP) is -2.90. The number of hydrogen-bond donors (Lipinski definition) is 1. The Hall–Kier alpha value is -1.71. The van der Waals surface area contributed by atoms with E-state index in [-0.39, 0.29) is 12.4 Å². The SMILES string of the molecule is COc1cc(OC)c(OC)cc1C[NH2+]CCSc1nnnn1C.[Cl-]. The van der Waals surface area contributed by atoms with Gasteiger partial charge in [0.25, 0.3) is 0 Å². The van der Waals surface area contributed by atoms with Gasteiger partial charge in [0.15, 0.2) is 11.5 Å². The minimum Gasteiger partial charge on any atom is -1.00 e. The summed E-state index contributed by atoms with van der Waals surface area (Å²) in [5.74, 6) is 3.09. The summed E-state index contributed by atoms with van der Waals surface area (Å²) < 4.78 is 17.7. The summed E-state index contributed by atoms with van der Waals surface area (Å²) in [6.07, 6.45) is 0. The highest BCUT2D eigenvalue weighted by molar-refractivity contribution is 7.99. The second-order valence-electron chi connectivity index (χ2n) is 4.73. The molecule has 2 rings (SSSR count). The molecule has 2 N–H and O–H groups in total. The summed E-state index contributed by atoms with van der Waals surface area (Å²) in [6.45, 7) is 1.73. The van der Waals surface area contributed by atoms with Crippen molar-refractivity contribution in [2.75, 3.05) is 33.6 Å². The molecule has 0 fully saturated rings. The highest BCUT2D eigenvalue weighted by Gasteiger charge is 2.13. The zero-order valence-electron chi connectivity index (χ0n) is 14.2. The zero-order chi connectivity index (χ0) is 16.7. The smallest absolute Gasteiger partial charge is 0.209 e. The molecule has 0 radical (unpaired) electrons. The Morgan fingerprint density at radius 1 is 1.08 bits per heavy atom. The lowest BCUT2D eigenvalue weighted by Crippen LogP contribution is -3.00. The Labute approximate surface area is 151 Å². The van der Waals surface area contributed by atoms with E-state index in [1.807, 2.05) is 19.2 Å². The second-order valence-corrected chi connectivity index (χ2v) is 5.80. The van der Waals surface area contributed by atoms with E-state index in [0.717, 1.165) is 35.3 Å². The molecule has 134 valence electrons. The van der Waals surface area contributed by atoms with Crippen LogP contribution in [0.1, 0.15) is 5.56 Å². The molecule has 10 heteroatoms. The molecule has 0 spiro atoms. The molecule has 0 atom stereocenters. The van der Waals surface area contributed by atoms with Crippen molar-refractivity contribution in [1.29, 1.82) is 0 Å². The van der Waals surface area contributed by atoms with E-state index >= 15 is 0 Å². The fourth-order valence-electron chi connectivity index (χ4n) is 2.09. The van der Waals surface area contributed by atoms with Crippen molar-refractivity contribution in [2.24, 2.45) is 7.05 Å². The molecule has 1 aromatic carbocycles. The maximum atomic E-state index is 5.43. The van der Waals surface area contributed by atoms with Gasteiger partial charge in [0, 0.05) is 13.1 Å². The van der Waals surface area contributed by atoms with Crippen LogP contribution in [0.15, 0.2) is 17.3 Å². The number of methoxy groups -OCH3 is 3. The maximum Gasteiger partial charge on any atom is 0.209 e. The molecule has 0 aliphatic carbocycles. The Morgan fingerprint density at radius 2 is 1.75 bits per heavy atom. The van der Waals surface area contributed by atoms with Gasteiger partial charge in [0.05, 0.1) is 39.2 Å². The molecule has 0 aliphatic rings. The summed E-state index contributed by atoms with van der Waals surface area (Å²) in [7, 11) is 6.73. The quantitative estimate of drug-likeness (QED) is 0.371. The highest BCUT2D eigenvalue weighted by Crippen LogP contribution is 2.34.